The number of anilines is 1. The van der Waals surface area contributed by atoms with Crippen LogP contribution in [0.3, 0.4) is 0 Å². The van der Waals surface area contributed by atoms with Crippen molar-refractivity contribution < 1.29 is 23.8 Å². The molecule has 1 amide bonds. The van der Waals surface area contributed by atoms with Gasteiger partial charge in [-0.25, -0.2) is 4.79 Å². The molecule has 0 saturated heterocycles. The summed E-state index contributed by atoms with van der Waals surface area (Å²) in [6.07, 6.45) is 0. The number of nitrogens with one attached hydrogen (secondary N) is 2. The molecular weight excluding hydrogens is 468 g/mol. The number of hydrogen-bond donors (Lipinski definition) is 2. The second-order valence-corrected chi connectivity index (χ2v) is 7.28. The summed E-state index contributed by atoms with van der Waals surface area (Å²) in [5, 5.41) is 13.1. The fourth-order valence-electron chi connectivity index (χ4n) is 2.73. The minimum Gasteiger partial charge on any atom is -0.493 e. The first-order valence-electron chi connectivity index (χ1n) is 9.38. The van der Waals surface area contributed by atoms with Gasteiger partial charge in [0.15, 0.2) is 23.8 Å². The molecule has 0 unspecified atom stereocenters. The van der Waals surface area contributed by atoms with E-state index in [1.54, 1.807) is 19.1 Å². The zero-order chi connectivity index (χ0) is 22.4. The van der Waals surface area contributed by atoms with Gasteiger partial charge in [-0.3, -0.25) is 4.79 Å². The van der Waals surface area contributed by atoms with Gasteiger partial charge in [-0.1, -0.05) is 17.7 Å². The monoisotopic (exact) mass is 488 g/mol. The standard InChI is InChI=1S/C21H21BrN4O5/c1-4-30-21(28)20-19(24-26-25-20)14-9-16(29-3)17(10-15(14)22)31-11-18(27)23-13-7-5-12(2)6-8-13/h5-10H,4,11H2,1-3H3,(H,23,27)(H,24,25,26). The molecule has 2 aromatic carbocycles. The van der Waals surface area contributed by atoms with Gasteiger partial charge in [0.2, 0.25) is 0 Å². The van der Waals surface area contributed by atoms with Crippen LogP contribution in [0.25, 0.3) is 11.3 Å². The highest BCUT2D eigenvalue weighted by molar-refractivity contribution is 9.10. The van der Waals surface area contributed by atoms with E-state index in [9.17, 15) is 9.59 Å². The third-order valence-electron chi connectivity index (χ3n) is 4.22. The number of halogens is 1. The number of ether oxygens (including phenoxy) is 3. The lowest BCUT2D eigenvalue weighted by molar-refractivity contribution is -0.118. The summed E-state index contributed by atoms with van der Waals surface area (Å²) in [5.74, 6) is -0.199. The topological polar surface area (TPSA) is 115 Å². The quantitative estimate of drug-likeness (QED) is 0.463. The summed E-state index contributed by atoms with van der Waals surface area (Å²) < 4.78 is 16.6. The zero-order valence-electron chi connectivity index (χ0n) is 17.2. The lowest BCUT2D eigenvalue weighted by atomic mass is 10.1. The number of benzene rings is 2. The Morgan fingerprint density at radius 1 is 1.13 bits per heavy atom. The van der Waals surface area contributed by atoms with Crippen molar-refractivity contribution in [3.63, 3.8) is 0 Å². The number of hydrogen-bond acceptors (Lipinski definition) is 7. The van der Waals surface area contributed by atoms with Crippen LogP contribution in [0.4, 0.5) is 5.69 Å². The van der Waals surface area contributed by atoms with E-state index in [-0.39, 0.29) is 24.8 Å². The lowest BCUT2D eigenvalue weighted by Gasteiger charge is -2.13. The molecule has 2 N–H and O–H groups in total. The average Bonchev–Trinajstić information content (AvgIpc) is 3.24. The van der Waals surface area contributed by atoms with Crippen molar-refractivity contribution in [3.8, 4) is 22.8 Å². The third-order valence-corrected chi connectivity index (χ3v) is 4.88. The van der Waals surface area contributed by atoms with E-state index in [2.05, 4.69) is 36.7 Å². The van der Waals surface area contributed by atoms with Crippen molar-refractivity contribution in [2.24, 2.45) is 0 Å². The van der Waals surface area contributed by atoms with Gasteiger partial charge in [-0.05, 0) is 54.0 Å². The molecule has 0 atom stereocenters. The highest BCUT2D eigenvalue weighted by Crippen LogP contribution is 2.38. The van der Waals surface area contributed by atoms with Gasteiger partial charge >= 0.3 is 5.97 Å². The van der Waals surface area contributed by atoms with E-state index in [0.717, 1.165) is 5.56 Å². The van der Waals surface area contributed by atoms with Crippen molar-refractivity contribution in [3.05, 3.63) is 52.1 Å². The van der Waals surface area contributed by atoms with Crippen molar-refractivity contribution in [1.29, 1.82) is 0 Å². The number of amides is 1. The van der Waals surface area contributed by atoms with Gasteiger partial charge in [0.1, 0.15) is 5.69 Å². The SMILES string of the molecule is CCOC(=O)c1n[nH]nc1-c1cc(OC)c(OCC(=O)Nc2ccc(C)cc2)cc1Br. The molecule has 162 valence electrons. The van der Waals surface area contributed by atoms with E-state index in [0.29, 0.717) is 32.9 Å². The van der Waals surface area contributed by atoms with Crippen molar-refractivity contribution in [1.82, 2.24) is 15.4 Å². The van der Waals surface area contributed by atoms with Crippen LogP contribution in [0, 0.1) is 6.92 Å². The normalized spacial score (nSPS) is 10.5. The Balaban J connectivity index is 1.77. The summed E-state index contributed by atoms with van der Waals surface area (Å²) in [7, 11) is 1.47. The second-order valence-electron chi connectivity index (χ2n) is 6.43. The summed E-state index contributed by atoms with van der Waals surface area (Å²) in [6.45, 7) is 3.68. The van der Waals surface area contributed by atoms with Crippen LogP contribution in [-0.4, -0.2) is 47.6 Å². The first-order chi connectivity index (χ1) is 14.9. The molecule has 3 rings (SSSR count). The lowest BCUT2D eigenvalue weighted by Crippen LogP contribution is -2.20. The minimum absolute atomic E-state index is 0.0516. The predicted octanol–water partition coefficient (Wildman–Crippen LogP) is 3.75. The highest BCUT2D eigenvalue weighted by atomic mass is 79.9. The maximum absolute atomic E-state index is 12.2. The average molecular weight is 489 g/mol. The fraction of sp³-hybridized carbons (Fsp3) is 0.238. The second kappa shape index (κ2) is 10.1. The first kappa shape index (κ1) is 22.3. The molecule has 1 heterocycles. The number of methoxy groups -OCH3 is 1. The number of esters is 1. The summed E-state index contributed by atoms with van der Waals surface area (Å²) >= 11 is 3.45. The third kappa shape index (κ3) is 5.40. The summed E-state index contributed by atoms with van der Waals surface area (Å²) in [4.78, 5) is 24.3. The number of H-pyrrole nitrogens is 1. The minimum atomic E-state index is -0.592. The molecule has 0 aliphatic rings. The highest BCUT2D eigenvalue weighted by Gasteiger charge is 2.23. The Hall–Kier alpha value is -3.40. The molecule has 0 aliphatic heterocycles. The molecule has 0 saturated carbocycles. The number of carbonyl (C=O) groups is 2. The molecule has 0 spiro atoms. The Labute approximate surface area is 187 Å². The van der Waals surface area contributed by atoms with Crippen molar-refractivity contribution >= 4 is 33.5 Å². The van der Waals surface area contributed by atoms with Gasteiger partial charge in [-0.15, -0.1) is 5.10 Å². The number of nitrogens with zero attached hydrogens (tertiary/aromatic N) is 2. The smallest absolute Gasteiger partial charge is 0.361 e. The predicted molar refractivity (Wildman–Crippen MR) is 117 cm³/mol. The molecule has 3 aromatic rings. The van der Waals surface area contributed by atoms with Crippen LogP contribution in [-0.2, 0) is 9.53 Å². The van der Waals surface area contributed by atoms with E-state index < -0.39 is 5.97 Å². The van der Waals surface area contributed by atoms with Crippen LogP contribution in [0.5, 0.6) is 11.5 Å². The maximum Gasteiger partial charge on any atom is 0.361 e. The molecule has 0 radical (unpaired) electrons. The van der Waals surface area contributed by atoms with Gasteiger partial charge < -0.3 is 19.5 Å². The Bertz CT molecular complexity index is 1080. The maximum atomic E-state index is 12.2. The molecule has 0 aliphatic carbocycles. The van der Waals surface area contributed by atoms with Crippen LogP contribution in [0.15, 0.2) is 40.9 Å². The van der Waals surface area contributed by atoms with Gasteiger partial charge in [0.05, 0.1) is 13.7 Å². The molecule has 0 fully saturated rings. The Morgan fingerprint density at radius 2 is 1.87 bits per heavy atom. The largest absolute Gasteiger partial charge is 0.493 e. The van der Waals surface area contributed by atoms with Crippen molar-refractivity contribution in [2.75, 3.05) is 25.6 Å². The Morgan fingerprint density at radius 3 is 2.55 bits per heavy atom. The van der Waals surface area contributed by atoms with Crippen LogP contribution >= 0.6 is 15.9 Å². The number of aryl methyl sites for hydroxylation is 1. The van der Waals surface area contributed by atoms with Gasteiger partial charge in [0.25, 0.3) is 5.91 Å². The summed E-state index contributed by atoms with van der Waals surface area (Å²) in [6, 6.07) is 10.7. The van der Waals surface area contributed by atoms with Crippen LogP contribution in [0.1, 0.15) is 23.0 Å². The van der Waals surface area contributed by atoms with E-state index in [1.807, 2.05) is 31.2 Å². The Kier molecular flexibility index (Phi) is 7.24. The first-order valence-corrected chi connectivity index (χ1v) is 10.2. The zero-order valence-corrected chi connectivity index (χ0v) is 18.8. The fourth-order valence-corrected chi connectivity index (χ4v) is 3.24. The number of aromatic nitrogens is 3. The molecule has 1 aromatic heterocycles. The van der Waals surface area contributed by atoms with Crippen LogP contribution < -0.4 is 14.8 Å². The number of carbonyl (C=O) groups excluding carboxylic acids is 2. The van der Waals surface area contributed by atoms with Crippen molar-refractivity contribution in [2.45, 2.75) is 13.8 Å². The van der Waals surface area contributed by atoms with E-state index in [4.69, 9.17) is 14.2 Å². The molecule has 9 nitrogen and oxygen atoms in total. The van der Waals surface area contributed by atoms with E-state index >= 15 is 0 Å². The molecule has 31 heavy (non-hydrogen) atoms. The molecule has 10 heteroatoms. The van der Waals surface area contributed by atoms with Crippen LogP contribution in [0.2, 0.25) is 0 Å². The summed E-state index contributed by atoms with van der Waals surface area (Å²) in [5.41, 5.74) is 2.68. The molecular formula is C21H21BrN4O5. The van der Waals surface area contributed by atoms with Gasteiger partial charge in [-0.2, -0.15) is 10.3 Å². The van der Waals surface area contributed by atoms with Gasteiger partial charge in [0, 0.05) is 15.7 Å². The number of aromatic amines is 1. The molecule has 0 bridgehead atoms. The number of rotatable bonds is 8. The van der Waals surface area contributed by atoms with E-state index in [1.165, 1.54) is 7.11 Å².